The zero-order chi connectivity index (χ0) is 11.1. The lowest BCUT2D eigenvalue weighted by atomic mass is 10.1. The van der Waals surface area contributed by atoms with E-state index in [-0.39, 0.29) is 6.29 Å². The number of ether oxygens (including phenoxy) is 2. The van der Waals surface area contributed by atoms with Crippen LogP contribution >= 0.6 is 0 Å². The van der Waals surface area contributed by atoms with Gasteiger partial charge in [-0.2, -0.15) is 0 Å². The molecule has 0 aromatic heterocycles. The van der Waals surface area contributed by atoms with Crippen molar-refractivity contribution in [3.63, 3.8) is 0 Å². The highest BCUT2D eigenvalue weighted by molar-refractivity contribution is 5.01. The van der Waals surface area contributed by atoms with Gasteiger partial charge in [-0.25, -0.2) is 0 Å². The summed E-state index contributed by atoms with van der Waals surface area (Å²) in [7, 11) is 0. The topological polar surface area (TPSA) is 30.5 Å². The molecule has 0 bridgehead atoms. The molecule has 1 fully saturated rings. The monoisotopic (exact) mass is 213 g/mol. The third-order valence-corrected chi connectivity index (χ3v) is 2.33. The fourth-order valence-electron chi connectivity index (χ4n) is 1.69. The predicted octanol–water partition coefficient (Wildman–Crippen LogP) is 2.08. The molecule has 1 saturated heterocycles. The lowest BCUT2D eigenvalue weighted by Gasteiger charge is -2.18. The van der Waals surface area contributed by atoms with Crippen LogP contribution in [-0.4, -0.2) is 32.1 Å². The molecule has 1 unspecified atom stereocenters. The van der Waals surface area contributed by atoms with Crippen molar-refractivity contribution >= 4 is 0 Å². The minimum absolute atomic E-state index is 0.0186. The quantitative estimate of drug-likeness (QED) is 0.685. The second-order valence-electron chi connectivity index (χ2n) is 4.21. The fraction of sp³-hybridized carbons (Fsp3) is 0.833. The first kappa shape index (κ1) is 12.7. The first-order valence-corrected chi connectivity index (χ1v) is 5.84. The Morgan fingerprint density at radius 3 is 2.60 bits per heavy atom. The largest absolute Gasteiger partial charge is 0.350 e. The molecule has 0 saturated carbocycles. The lowest BCUT2D eigenvalue weighted by molar-refractivity contribution is -0.0499. The molecule has 15 heavy (non-hydrogen) atoms. The van der Waals surface area contributed by atoms with Gasteiger partial charge >= 0.3 is 0 Å². The highest BCUT2D eigenvalue weighted by Crippen LogP contribution is 2.12. The molecule has 1 N–H and O–H groups in total. The van der Waals surface area contributed by atoms with Gasteiger partial charge in [-0.1, -0.05) is 18.6 Å². The molecule has 0 aromatic carbocycles. The molecule has 0 spiro atoms. The summed E-state index contributed by atoms with van der Waals surface area (Å²) in [6.07, 6.45) is 4.29. The summed E-state index contributed by atoms with van der Waals surface area (Å²) in [5.41, 5.74) is 1.33. The fourth-order valence-corrected chi connectivity index (χ4v) is 1.69. The normalized spacial score (nSPS) is 19.1. The maximum atomic E-state index is 5.45. The number of allylic oxidation sites excluding steroid dienone is 1. The molecule has 1 aliphatic heterocycles. The molecule has 0 radical (unpaired) electrons. The Morgan fingerprint density at radius 1 is 1.40 bits per heavy atom. The van der Waals surface area contributed by atoms with Crippen LogP contribution in [0.5, 0.6) is 0 Å². The Balaban J connectivity index is 2.36. The van der Waals surface area contributed by atoms with Crippen LogP contribution in [0.2, 0.25) is 0 Å². The van der Waals surface area contributed by atoms with Crippen molar-refractivity contribution in [1.29, 1.82) is 0 Å². The molecule has 0 aliphatic carbocycles. The first-order valence-electron chi connectivity index (χ1n) is 5.84. The molecular formula is C12H23NO2. The Hall–Kier alpha value is -0.380. The van der Waals surface area contributed by atoms with E-state index < -0.39 is 0 Å². The standard InChI is InChI=1S/C12H23NO2/c1-4-5-13-11(8-10(2)3)9-12-14-6-7-15-12/h8,11-13H,4-7,9H2,1-3H3. The van der Waals surface area contributed by atoms with Gasteiger partial charge in [0.2, 0.25) is 0 Å². The Labute approximate surface area is 92.8 Å². The molecule has 1 atom stereocenters. The highest BCUT2D eigenvalue weighted by atomic mass is 16.7. The van der Waals surface area contributed by atoms with E-state index in [9.17, 15) is 0 Å². The Kier molecular flexibility index (Phi) is 5.91. The summed E-state index contributed by atoms with van der Waals surface area (Å²) in [6.45, 7) is 8.93. The van der Waals surface area contributed by atoms with Crippen LogP contribution in [0.25, 0.3) is 0 Å². The molecule has 3 nitrogen and oxygen atoms in total. The average Bonchev–Trinajstić information content (AvgIpc) is 2.66. The van der Waals surface area contributed by atoms with Crippen LogP contribution in [-0.2, 0) is 9.47 Å². The molecule has 1 heterocycles. The van der Waals surface area contributed by atoms with E-state index >= 15 is 0 Å². The zero-order valence-electron chi connectivity index (χ0n) is 10.1. The van der Waals surface area contributed by atoms with Gasteiger partial charge < -0.3 is 14.8 Å². The summed E-state index contributed by atoms with van der Waals surface area (Å²) in [6, 6.07) is 0.373. The molecule has 0 amide bonds. The van der Waals surface area contributed by atoms with Crippen LogP contribution in [0.15, 0.2) is 11.6 Å². The SMILES string of the molecule is CCCNC(C=C(C)C)CC1OCCO1. The first-order chi connectivity index (χ1) is 7.22. The molecule has 0 aromatic rings. The van der Waals surface area contributed by atoms with Crippen molar-refractivity contribution in [3.8, 4) is 0 Å². The summed E-state index contributed by atoms with van der Waals surface area (Å²) in [5.74, 6) is 0. The summed E-state index contributed by atoms with van der Waals surface area (Å²) < 4.78 is 10.9. The van der Waals surface area contributed by atoms with Crippen LogP contribution in [0.1, 0.15) is 33.6 Å². The third-order valence-electron chi connectivity index (χ3n) is 2.33. The van der Waals surface area contributed by atoms with Gasteiger partial charge in [0.1, 0.15) is 0 Å². The van der Waals surface area contributed by atoms with Crippen molar-refractivity contribution in [2.45, 2.75) is 45.9 Å². The minimum atomic E-state index is -0.0186. The molecular weight excluding hydrogens is 190 g/mol. The van der Waals surface area contributed by atoms with E-state index in [4.69, 9.17) is 9.47 Å². The van der Waals surface area contributed by atoms with E-state index in [1.807, 2.05) is 0 Å². The van der Waals surface area contributed by atoms with Gasteiger partial charge in [-0.15, -0.1) is 0 Å². The van der Waals surface area contributed by atoms with Gasteiger partial charge in [0.15, 0.2) is 6.29 Å². The lowest BCUT2D eigenvalue weighted by Crippen LogP contribution is -2.32. The van der Waals surface area contributed by atoms with Crippen LogP contribution in [0.4, 0.5) is 0 Å². The number of rotatable bonds is 6. The van der Waals surface area contributed by atoms with Gasteiger partial charge in [-0.05, 0) is 26.8 Å². The molecule has 88 valence electrons. The smallest absolute Gasteiger partial charge is 0.159 e. The maximum Gasteiger partial charge on any atom is 0.159 e. The van der Waals surface area contributed by atoms with E-state index in [2.05, 4.69) is 32.2 Å². The number of nitrogens with one attached hydrogen (secondary N) is 1. The predicted molar refractivity (Wildman–Crippen MR) is 61.8 cm³/mol. The second kappa shape index (κ2) is 6.99. The van der Waals surface area contributed by atoms with Crippen LogP contribution in [0.3, 0.4) is 0 Å². The van der Waals surface area contributed by atoms with Crippen molar-refractivity contribution in [2.75, 3.05) is 19.8 Å². The Morgan fingerprint density at radius 2 is 2.07 bits per heavy atom. The molecule has 1 rings (SSSR count). The van der Waals surface area contributed by atoms with Crippen molar-refractivity contribution in [2.24, 2.45) is 0 Å². The number of hydrogen-bond acceptors (Lipinski definition) is 3. The van der Waals surface area contributed by atoms with Gasteiger partial charge in [0.05, 0.1) is 13.2 Å². The summed E-state index contributed by atoms with van der Waals surface area (Å²) in [5, 5.41) is 3.49. The van der Waals surface area contributed by atoms with E-state index in [0.717, 1.165) is 32.6 Å². The Bertz CT molecular complexity index is 194. The third kappa shape index (κ3) is 5.30. The summed E-state index contributed by atoms with van der Waals surface area (Å²) >= 11 is 0. The summed E-state index contributed by atoms with van der Waals surface area (Å²) in [4.78, 5) is 0. The minimum Gasteiger partial charge on any atom is -0.350 e. The van der Waals surface area contributed by atoms with Crippen molar-refractivity contribution < 1.29 is 9.47 Å². The highest BCUT2D eigenvalue weighted by Gasteiger charge is 2.19. The molecule has 3 heteroatoms. The van der Waals surface area contributed by atoms with Crippen molar-refractivity contribution in [1.82, 2.24) is 5.32 Å². The van der Waals surface area contributed by atoms with E-state index in [1.54, 1.807) is 0 Å². The van der Waals surface area contributed by atoms with E-state index in [0.29, 0.717) is 6.04 Å². The molecule has 1 aliphatic rings. The van der Waals surface area contributed by atoms with Gasteiger partial charge in [-0.3, -0.25) is 0 Å². The van der Waals surface area contributed by atoms with Crippen LogP contribution in [0, 0.1) is 0 Å². The van der Waals surface area contributed by atoms with Gasteiger partial charge in [0.25, 0.3) is 0 Å². The van der Waals surface area contributed by atoms with E-state index in [1.165, 1.54) is 5.57 Å². The van der Waals surface area contributed by atoms with Crippen molar-refractivity contribution in [3.05, 3.63) is 11.6 Å². The average molecular weight is 213 g/mol. The zero-order valence-corrected chi connectivity index (χ0v) is 10.1. The van der Waals surface area contributed by atoms with Gasteiger partial charge in [0, 0.05) is 12.5 Å². The van der Waals surface area contributed by atoms with Crippen LogP contribution < -0.4 is 5.32 Å². The second-order valence-corrected chi connectivity index (χ2v) is 4.21. The maximum absolute atomic E-state index is 5.45. The number of hydrogen-bond donors (Lipinski definition) is 1.